The summed E-state index contributed by atoms with van der Waals surface area (Å²) in [4.78, 5) is 24.4. The number of hydrogen-bond donors (Lipinski definition) is 2. The lowest BCUT2D eigenvalue weighted by Crippen LogP contribution is -2.43. The van der Waals surface area contributed by atoms with E-state index in [2.05, 4.69) is 32.4 Å². The highest BCUT2D eigenvalue weighted by atomic mass is 16.6. The van der Waals surface area contributed by atoms with Crippen molar-refractivity contribution >= 4 is 27.8 Å². The van der Waals surface area contributed by atoms with Crippen LogP contribution in [0, 0.1) is 11.3 Å². The van der Waals surface area contributed by atoms with E-state index in [0.29, 0.717) is 17.9 Å². The van der Waals surface area contributed by atoms with E-state index in [-0.39, 0.29) is 12.6 Å². The Morgan fingerprint density at radius 3 is 2.72 bits per heavy atom. The molecule has 0 radical (unpaired) electrons. The third-order valence-corrected chi connectivity index (χ3v) is 6.20. The minimum Gasteiger partial charge on any atom is -0.490 e. The summed E-state index contributed by atoms with van der Waals surface area (Å²) in [5.41, 5.74) is 3.68. The average Bonchev–Trinajstić information content (AvgIpc) is 3.33. The van der Waals surface area contributed by atoms with E-state index in [1.807, 2.05) is 69.4 Å². The number of nitrogens with zero attached hydrogens (tertiary/aromatic N) is 3. The van der Waals surface area contributed by atoms with Crippen molar-refractivity contribution in [1.29, 1.82) is 5.26 Å². The molecule has 1 amide bonds. The number of fused-ring (bicyclic) bond motifs is 2. The van der Waals surface area contributed by atoms with Crippen LogP contribution in [-0.2, 0) is 11.2 Å². The molecule has 2 aromatic carbocycles. The number of hydrogen-bond acceptors (Lipinski definition) is 6. The number of amides is 1. The number of nitriles is 1. The summed E-state index contributed by atoms with van der Waals surface area (Å²) in [5, 5.41) is 15.1. The second-order valence-corrected chi connectivity index (χ2v) is 10.4. The van der Waals surface area contributed by atoms with E-state index < -0.39 is 11.7 Å². The van der Waals surface area contributed by atoms with Crippen molar-refractivity contribution in [2.45, 2.75) is 38.8 Å². The van der Waals surface area contributed by atoms with Crippen LogP contribution in [0.2, 0.25) is 0 Å². The molecule has 39 heavy (non-hydrogen) atoms. The Kier molecular flexibility index (Phi) is 7.15. The smallest absolute Gasteiger partial charge is 0.408 e. The molecule has 3 heterocycles. The fourth-order valence-corrected chi connectivity index (χ4v) is 4.43. The summed E-state index contributed by atoms with van der Waals surface area (Å²) in [5.74, 6) is 0.579. The molecule has 0 aliphatic carbocycles. The zero-order valence-electron chi connectivity index (χ0n) is 22.1. The molecule has 5 rings (SSSR count). The van der Waals surface area contributed by atoms with Crippen molar-refractivity contribution in [2.75, 3.05) is 6.61 Å². The Labute approximate surface area is 226 Å². The summed E-state index contributed by atoms with van der Waals surface area (Å²) in [6.07, 6.45) is 7.13. The van der Waals surface area contributed by atoms with Crippen LogP contribution in [0.15, 0.2) is 79.4 Å². The van der Waals surface area contributed by atoms with E-state index in [4.69, 9.17) is 9.47 Å². The molecule has 0 bridgehead atoms. The van der Waals surface area contributed by atoms with Crippen LogP contribution in [0.4, 0.5) is 4.79 Å². The maximum absolute atomic E-state index is 12.6. The first-order chi connectivity index (χ1) is 18.8. The van der Waals surface area contributed by atoms with Gasteiger partial charge in [0.15, 0.2) is 0 Å². The number of ether oxygens (including phenoxy) is 2. The molecule has 0 saturated carbocycles. The third-order valence-electron chi connectivity index (χ3n) is 6.20. The van der Waals surface area contributed by atoms with Crippen LogP contribution >= 0.6 is 0 Å². The Balaban J connectivity index is 1.35. The number of H-pyrrole nitrogens is 1. The number of carbonyl (C=O) groups excluding carboxylic acids is 1. The quantitative estimate of drug-likeness (QED) is 0.266. The predicted molar refractivity (Wildman–Crippen MR) is 150 cm³/mol. The van der Waals surface area contributed by atoms with E-state index in [1.54, 1.807) is 24.7 Å². The first-order valence-corrected chi connectivity index (χ1v) is 12.7. The highest BCUT2D eigenvalue weighted by Crippen LogP contribution is 2.27. The van der Waals surface area contributed by atoms with E-state index >= 15 is 0 Å². The van der Waals surface area contributed by atoms with Crippen LogP contribution in [0.1, 0.15) is 32.0 Å². The summed E-state index contributed by atoms with van der Waals surface area (Å²) in [6.45, 7) is 5.72. The van der Waals surface area contributed by atoms with Crippen molar-refractivity contribution in [3.05, 3.63) is 90.6 Å². The number of benzene rings is 2. The van der Waals surface area contributed by atoms with Gasteiger partial charge in [0, 0.05) is 40.4 Å². The van der Waals surface area contributed by atoms with Crippen molar-refractivity contribution in [3.63, 3.8) is 0 Å². The lowest BCUT2D eigenvalue weighted by molar-refractivity contribution is 0.0488. The monoisotopic (exact) mass is 519 g/mol. The molecule has 2 N–H and O–H groups in total. The maximum Gasteiger partial charge on any atom is 0.408 e. The van der Waals surface area contributed by atoms with Gasteiger partial charge in [0.05, 0.1) is 12.2 Å². The lowest BCUT2D eigenvalue weighted by Gasteiger charge is -2.24. The second kappa shape index (κ2) is 10.8. The van der Waals surface area contributed by atoms with Gasteiger partial charge >= 0.3 is 6.09 Å². The number of para-hydroxylation sites is 1. The zero-order valence-corrected chi connectivity index (χ0v) is 22.1. The fraction of sp³-hybridized carbons (Fsp3) is 0.226. The van der Waals surface area contributed by atoms with Crippen LogP contribution in [0.3, 0.4) is 0 Å². The number of aromatic amines is 1. The van der Waals surface area contributed by atoms with Crippen molar-refractivity contribution in [3.8, 4) is 22.9 Å². The number of aromatic nitrogens is 3. The molecular formula is C31H29N5O3. The van der Waals surface area contributed by atoms with E-state index in [1.165, 1.54) is 0 Å². The van der Waals surface area contributed by atoms with Gasteiger partial charge in [-0.3, -0.25) is 4.98 Å². The van der Waals surface area contributed by atoms with Crippen molar-refractivity contribution in [1.82, 2.24) is 20.3 Å². The molecular weight excluding hydrogens is 490 g/mol. The van der Waals surface area contributed by atoms with Gasteiger partial charge in [-0.05, 0) is 68.0 Å². The molecule has 8 nitrogen and oxygen atoms in total. The van der Waals surface area contributed by atoms with Gasteiger partial charge in [0.25, 0.3) is 0 Å². The Morgan fingerprint density at radius 1 is 1.05 bits per heavy atom. The molecule has 1 atom stereocenters. The number of carbonyl (C=O) groups is 1. The minimum absolute atomic E-state index is 0.221. The predicted octanol–water partition coefficient (Wildman–Crippen LogP) is 6.16. The molecule has 0 fully saturated rings. The average molecular weight is 520 g/mol. The normalized spacial score (nSPS) is 12.2. The van der Waals surface area contributed by atoms with E-state index in [9.17, 15) is 10.1 Å². The molecule has 0 spiro atoms. The molecule has 1 unspecified atom stereocenters. The Morgan fingerprint density at radius 2 is 1.90 bits per heavy atom. The van der Waals surface area contributed by atoms with Gasteiger partial charge in [-0.15, -0.1) is 0 Å². The first-order valence-electron chi connectivity index (χ1n) is 12.7. The van der Waals surface area contributed by atoms with Gasteiger partial charge in [-0.2, -0.15) is 5.26 Å². The SMILES string of the molecule is CC(C)(C)OC(=O)NC(COc1cncc(-c2ccc3cnc(C#N)cc3c2)c1)Cc1c[nH]c2ccccc12. The van der Waals surface area contributed by atoms with Gasteiger partial charge in [-0.25, -0.2) is 9.78 Å². The molecule has 5 aromatic rings. The van der Waals surface area contributed by atoms with Crippen LogP contribution in [0.5, 0.6) is 5.75 Å². The second-order valence-electron chi connectivity index (χ2n) is 10.4. The Bertz CT molecular complexity index is 1680. The van der Waals surface area contributed by atoms with Gasteiger partial charge in [0.1, 0.15) is 29.7 Å². The topological polar surface area (TPSA) is 113 Å². The maximum atomic E-state index is 12.6. The minimum atomic E-state index is -0.613. The van der Waals surface area contributed by atoms with Crippen LogP contribution < -0.4 is 10.1 Å². The molecule has 0 aliphatic heterocycles. The number of pyridine rings is 2. The highest BCUT2D eigenvalue weighted by Gasteiger charge is 2.21. The largest absolute Gasteiger partial charge is 0.490 e. The summed E-state index contributed by atoms with van der Waals surface area (Å²) in [6, 6.07) is 19.4. The van der Waals surface area contributed by atoms with Gasteiger partial charge < -0.3 is 19.8 Å². The molecule has 0 aliphatic rings. The fourth-order valence-electron chi connectivity index (χ4n) is 4.43. The molecule has 196 valence electrons. The molecule has 3 aromatic heterocycles. The number of alkyl carbamates (subject to hydrolysis) is 1. The standard InChI is InChI=1S/C31H29N5O3/c1-31(2,3)39-30(37)36-26(12-24-17-35-29-7-5-4-6-28(24)29)19-38-27-13-23(15-33-18-27)20-8-9-21-16-34-25(14-32)11-22(21)10-20/h4-11,13,15-18,26,35H,12,19H2,1-3H3,(H,36,37). The summed E-state index contributed by atoms with van der Waals surface area (Å²) in [7, 11) is 0. The van der Waals surface area contributed by atoms with Crippen LogP contribution in [0.25, 0.3) is 32.8 Å². The zero-order chi connectivity index (χ0) is 27.4. The molecule has 8 heteroatoms. The number of nitrogens with one attached hydrogen (secondary N) is 2. The van der Waals surface area contributed by atoms with Crippen molar-refractivity contribution < 1.29 is 14.3 Å². The summed E-state index contributed by atoms with van der Waals surface area (Å²) < 4.78 is 11.7. The van der Waals surface area contributed by atoms with Gasteiger partial charge in [0.2, 0.25) is 0 Å². The van der Waals surface area contributed by atoms with E-state index in [0.717, 1.165) is 38.4 Å². The Hall–Kier alpha value is -4.90. The summed E-state index contributed by atoms with van der Waals surface area (Å²) >= 11 is 0. The number of rotatable bonds is 7. The van der Waals surface area contributed by atoms with Crippen LogP contribution in [-0.4, -0.2) is 39.3 Å². The lowest BCUT2D eigenvalue weighted by atomic mass is 10.0. The first kappa shape index (κ1) is 25.7. The van der Waals surface area contributed by atoms with Gasteiger partial charge in [-0.1, -0.05) is 30.3 Å². The van der Waals surface area contributed by atoms with Crippen molar-refractivity contribution in [2.24, 2.45) is 0 Å². The molecule has 0 saturated heterocycles. The highest BCUT2D eigenvalue weighted by molar-refractivity contribution is 5.87. The third kappa shape index (κ3) is 6.33.